The highest BCUT2D eigenvalue weighted by Gasteiger charge is 2.06. The molecular formula is C22H21N2O3-. The van der Waals surface area contributed by atoms with Crippen molar-refractivity contribution in [3.8, 4) is 0 Å². The number of hydrogen-bond donors (Lipinski definition) is 2. The van der Waals surface area contributed by atoms with E-state index in [1.54, 1.807) is 0 Å². The number of rotatable bonds is 4. The molecule has 0 fully saturated rings. The maximum atomic E-state index is 12.0. The van der Waals surface area contributed by atoms with Crippen molar-refractivity contribution in [2.75, 3.05) is 0 Å². The molecule has 138 valence electrons. The second-order valence-corrected chi connectivity index (χ2v) is 6.31. The summed E-state index contributed by atoms with van der Waals surface area (Å²) in [6.45, 7) is 1.54. The SMILES string of the molecule is CCC(=O)[O-].O=c1[nH]c2ccc(CCc3ccccc3)cc2c2cc[nH]c12. The number of fused-ring (bicyclic) bond motifs is 3. The molecule has 0 aliphatic carbocycles. The minimum Gasteiger partial charge on any atom is -0.550 e. The van der Waals surface area contributed by atoms with Gasteiger partial charge in [-0.1, -0.05) is 43.3 Å². The number of aromatic nitrogens is 2. The van der Waals surface area contributed by atoms with Crippen LogP contribution in [0.5, 0.6) is 0 Å². The average Bonchev–Trinajstić information content (AvgIpc) is 3.19. The van der Waals surface area contributed by atoms with Crippen molar-refractivity contribution in [2.24, 2.45) is 0 Å². The van der Waals surface area contributed by atoms with E-state index >= 15 is 0 Å². The second kappa shape index (κ2) is 8.36. The molecule has 2 heterocycles. The maximum absolute atomic E-state index is 12.0. The first-order chi connectivity index (χ1) is 13.1. The molecule has 0 saturated carbocycles. The van der Waals surface area contributed by atoms with Crippen molar-refractivity contribution in [3.05, 3.63) is 82.3 Å². The number of aliphatic carboxylic acids is 1. The van der Waals surface area contributed by atoms with Crippen molar-refractivity contribution in [2.45, 2.75) is 26.2 Å². The van der Waals surface area contributed by atoms with Crippen molar-refractivity contribution in [1.29, 1.82) is 0 Å². The Morgan fingerprint density at radius 3 is 2.37 bits per heavy atom. The van der Waals surface area contributed by atoms with Gasteiger partial charge in [0.2, 0.25) is 0 Å². The quantitative estimate of drug-likeness (QED) is 0.586. The van der Waals surface area contributed by atoms with Gasteiger partial charge < -0.3 is 19.9 Å². The van der Waals surface area contributed by atoms with Crippen molar-refractivity contribution in [1.82, 2.24) is 9.97 Å². The number of carboxylic acids is 1. The summed E-state index contributed by atoms with van der Waals surface area (Å²) in [6, 6.07) is 18.7. The van der Waals surface area contributed by atoms with Crippen molar-refractivity contribution < 1.29 is 9.90 Å². The fourth-order valence-corrected chi connectivity index (χ4v) is 2.98. The van der Waals surface area contributed by atoms with Crippen molar-refractivity contribution in [3.63, 3.8) is 0 Å². The molecule has 0 radical (unpaired) electrons. The van der Waals surface area contributed by atoms with E-state index in [4.69, 9.17) is 0 Å². The number of H-pyrrole nitrogens is 2. The van der Waals surface area contributed by atoms with E-state index in [0.717, 1.165) is 29.1 Å². The number of carboxylic acid groups (broad SMARTS) is 1. The number of hydrogen-bond acceptors (Lipinski definition) is 3. The van der Waals surface area contributed by atoms with E-state index < -0.39 is 5.97 Å². The third kappa shape index (κ3) is 4.44. The largest absolute Gasteiger partial charge is 0.550 e. The molecule has 4 aromatic rings. The van der Waals surface area contributed by atoms with Crippen LogP contribution in [-0.4, -0.2) is 15.9 Å². The second-order valence-electron chi connectivity index (χ2n) is 6.31. The third-order valence-electron chi connectivity index (χ3n) is 4.43. The van der Waals surface area contributed by atoms with E-state index in [2.05, 4.69) is 46.4 Å². The summed E-state index contributed by atoms with van der Waals surface area (Å²) in [6.07, 6.45) is 3.94. The summed E-state index contributed by atoms with van der Waals surface area (Å²) in [7, 11) is 0. The van der Waals surface area contributed by atoms with E-state index in [1.165, 1.54) is 18.1 Å². The van der Waals surface area contributed by atoms with Crippen LogP contribution in [0.2, 0.25) is 0 Å². The molecular weight excluding hydrogens is 340 g/mol. The Balaban J connectivity index is 0.000000376. The average molecular weight is 361 g/mol. The Bertz CT molecular complexity index is 1110. The van der Waals surface area contributed by atoms with Gasteiger partial charge in [0.15, 0.2) is 0 Å². The lowest BCUT2D eigenvalue weighted by atomic mass is 10.0. The Kier molecular flexibility index (Phi) is 5.71. The van der Waals surface area contributed by atoms with E-state index in [-0.39, 0.29) is 12.0 Å². The molecule has 0 aliphatic rings. The molecule has 0 spiro atoms. The Morgan fingerprint density at radius 1 is 0.963 bits per heavy atom. The Labute approximate surface area is 156 Å². The molecule has 0 amide bonds. The monoisotopic (exact) mass is 361 g/mol. The summed E-state index contributed by atoms with van der Waals surface area (Å²) in [5.41, 5.74) is 4.10. The first-order valence-corrected chi connectivity index (χ1v) is 8.94. The molecule has 0 atom stereocenters. The van der Waals surface area contributed by atoms with Gasteiger partial charge >= 0.3 is 0 Å². The number of carbonyl (C=O) groups excluding carboxylic acids is 1. The lowest BCUT2D eigenvalue weighted by Crippen LogP contribution is -2.19. The minimum absolute atomic E-state index is 0.0652. The van der Waals surface area contributed by atoms with Gasteiger partial charge in [-0.2, -0.15) is 0 Å². The van der Waals surface area contributed by atoms with Gasteiger partial charge in [0.1, 0.15) is 5.52 Å². The summed E-state index contributed by atoms with van der Waals surface area (Å²) in [4.78, 5) is 27.2. The predicted octanol–water partition coefficient (Wildman–Crippen LogP) is 2.94. The molecule has 2 aromatic heterocycles. The minimum atomic E-state index is -0.995. The van der Waals surface area contributed by atoms with Crippen LogP contribution in [0.1, 0.15) is 24.5 Å². The van der Waals surface area contributed by atoms with Crippen LogP contribution < -0.4 is 10.7 Å². The molecule has 0 saturated heterocycles. The van der Waals surface area contributed by atoms with Gasteiger partial charge in [0.05, 0.1) is 0 Å². The first kappa shape index (κ1) is 18.5. The summed E-state index contributed by atoms with van der Waals surface area (Å²) < 4.78 is 0. The van der Waals surface area contributed by atoms with Gasteiger partial charge in [0, 0.05) is 28.5 Å². The van der Waals surface area contributed by atoms with Crippen LogP contribution in [0.25, 0.3) is 21.8 Å². The van der Waals surface area contributed by atoms with Crippen molar-refractivity contribution >= 4 is 27.8 Å². The van der Waals surface area contributed by atoms with Crippen LogP contribution in [0.15, 0.2) is 65.6 Å². The van der Waals surface area contributed by atoms with Gasteiger partial charge in [-0.3, -0.25) is 4.79 Å². The zero-order valence-electron chi connectivity index (χ0n) is 15.1. The highest BCUT2D eigenvalue weighted by molar-refractivity contribution is 6.04. The zero-order valence-corrected chi connectivity index (χ0v) is 15.1. The van der Waals surface area contributed by atoms with Gasteiger partial charge in [-0.05, 0) is 48.6 Å². The van der Waals surface area contributed by atoms with Crippen LogP contribution in [-0.2, 0) is 17.6 Å². The lowest BCUT2D eigenvalue weighted by Gasteiger charge is -2.05. The number of carbonyl (C=O) groups is 1. The molecule has 27 heavy (non-hydrogen) atoms. The lowest BCUT2D eigenvalue weighted by molar-refractivity contribution is -0.305. The van der Waals surface area contributed by atoms with E-state index in [9.17, 15) is 14.7 Å². The highest BCUT2D eigenvalue weighted by atomic mass is 16.4. The smallest absolute Gasteiger partial charge is 0.272 e. The molecule has 4 rings (SSSR count). The van der Waals surface area contributed by atoms with E-state index in [0.29, 0.717) is 5.52 Å². The normalized spacial score (nSPS) is 10.6. The van der Waals surface area contributed by atoms with Gasteiger partial charge in [-0.25, -0.2) is 0 Å². The van der Waals surface area contributed by atoms with Crippen LogP contribution in [0.3, 0.4) is 0 Å². The summed E-state index contributed by atoms with van der Waals surface area (Å²) in [5.74, 6) is -0.995. The standard InChI is InChI=1S/C19H16N2O.C3H6O2/c22-19-18-15(10-11-20-18)16-12-14(8-9-17(16)21-19)7-6-13-4-2-1-3-5-13;1-2-3(4)5/h1-5,8-12,20H,6-7H2,(H,21,22);2H2,1H3,(H,4,5)/p-1. The van der Waals surface area contributed by atoms with Crippen LogP contribution in [0, 0.1) is 0 Å². The topological polar surface area (TPSA) is 88.8 Å². The first-order valence-electron chi connectivity index (χ1n) is 8.94. The number of nitrogens with one attached hydrogen (secondary N) is 2. The molecule has 0 aliphatic heterocycles. The fourth-order valence-electron chi connectivity index (χ4n) is 2.98. The highest BCUT2D eigenvalue weighted by Crippen LogP contribution is 2.22. The third-order valence-corrected chi connectivity index (χ3v) is 4.43. The molecule has 0 bridgehead atoms. The number of benzene rings is 2. The van der Waals surface area contributed by atoms with Crippen LogP contribution in [0.4, 0.5) is 0 Å². The summed E-state index contributed by atoms with van der Waals surface area (Å²) in [5, 5.41) is 11.3. The maximum Gasteiger partial charge on any atom is 0.272 e. The van der Waals surface area contributed by atoms with Crippen LogP contribution >= 0.6 is 0 Å². The molecule has 2 N–H and O–H groups in total. The zero-order chi connectivity index (χ0) is 19.2. The Morgan fingerprint density at radius 2 is 1.67 bits per heavy atom. The fraction of sp³-hybridized carbons (Fsp3) is 0.182. The molecule has 5 heteroatoms. The molecule has 5 nitrogen and oxygen atoms in total. The number of aryl methyl sites for hydroxylation is 2. The van der Waals surface area contributed by atoms with E-state index in [1.807, 2.05) is 24.4 Å². The number of pyridine rings is 1. The Hall–Kier alpha value is -3.34. The molecule has 2 aromatic carbocycles. The summed E-state index contributed by atoms with van der Waals surface area (Å²) >= 11 is 0. The van der Waals surface area contributed by atoms with Gasteiger partial charge in [0.25, 0.3) is 5.56 Å². The number of aromatic amines is 2. The predicted molar refractivity (Wildman–Crippen MR) is 106 cm³/mol. The van der Waals surface area contributed by atoms with Gasteiger partial charge in [-0.15, -0.1) is 0 Å². The molecule has 0 unspecified atom stereocenters.